The number of carbonyl (C=O) groups is 1. The van der Waals surface area contributed by atoms with Crippen LogP contribution in [0, 0.1) is 0 Å². The van der Waals surface area contributed by atoms with Crippen LogP contribution in [-0.4, -0.2) is 40.9 Å². The molecule has 5 nitrogen and oxygen atoms in total. The molecule has 0 bridgehead atoms. The van der Waals surface area contributed by atoms with Crippen molar-refractivity contribution >= 4 is 27.7 Å². The van der Waals surface area contributed by atoms with E-state index in [1.165, 1.54) is 0 Å². The highest BCUT2D eigenvalue weighted by Crippen LogP contribution is 2.30. The minimum Gasteiger partial charge on any atom is -0.359 e. The van der Waals surface area contributed by atoms with Gasteiger partial charge in [0.05, 0.1) is 12.2 Å². The Bertz CT molecular complexity index is 1040. The summed E-state index contributed by atoms with van der Waals surface area (Å²) in [6, 6.07) is 17.6. The van der Waals surface area contributed by atoms with Crippen molar-refractivity contribution < 1.29 is 4.79 Å². The van der Waals surface area contributed by atoms with Gasteiger partial charge in [-0.25, -0.2) is 9.97 Å². The molecule has 1 amide bonds. The normalized spacial score (nSPS) is 13.1. The quantitative estimate of drug-likeness (QED) is 0.535. The van der Waals surface area contributed by atoms with Crippen LogP contribution in [0.3, 0.4) is 0 Å². The van der Waals surface area contributed by atoms with Crippen molar-refractivity contribution in [2.45, 2.75) is 26.3 Å². The highest BCUT2D eigenvalue weighted by atomic mass is 79.9. The first-order chi connectivity index (χ1) is 14.6. The van der Waals surface area contributed by atoms with Crippen molar-refractivity contribution in [3.05, 3.63) is 75.9 Å². The van der Waals surface area contributed by atoms with Gasteiger partial charge in [-0.3, -0.25) is 4.79 Å². The Balaban J connectivity index is 1.70. The largest absolute Gasteiger partial charge is 0.359 e. The van der Waals surface area contributed by atoms with Crippen LogP contribution in [0.25, 0.3) is 11.4 Å². The third-order valence-electron chi connectivity index (χ3n) is 5.37. The van der Waals surface area contributed by atoms with Crippen molar-refractivity contribution in [1.82, 2.24) is 14.9 Å². The minimum absolute atomic E-state index is 0.0457. The maximum atomic E-state index is 13.1. The van der Waals surface area contributed by atoms with Crippen molar-refractivity contribution in [3.8, 4) is 11.4 Å². The predicted molar refractivity (Wildman–Crippen MR) is 124 cm³/mol. The third-order valence-corrected chi connectivity index (χ3v) is 5.90. The molecule has 0 aliphatic carbocycles. The Labute approximate surface area is 185 Å². The topological polar surface area (TPSA) is 49.3 Å². The molecule has 1 aliphatic heterocycles. The molecule has 2 aromatic carbocycles. The van der Waals surface area contributed by atoms with E-state index in [0.717, 1.165) is 52.3 Å². The van der Waals surface area contributed by atoms with E-state index in [1.54, 1.807) is 0 Å². The molecule has 0 N–H and O–H groups in total. The van der Waals surface area contributed by atoms with Gasteiger partial charge in [-0.2, -0.15) is 0 Å². The second-order valence-corrected chi connectivity index (χ2v) is 8.48. The van der Waals surface area contributed by atoms with Gasteiger partial charge >= 0.3 is 0 Å². The number of rotatable bonds is 5. The monoisotopic (exact) mass is 464 g/mol. The van der Waals surface area contributed by atoms with Crippen LogP contribution in [0.2, 0.25) is 0 Å². The zero-order valence-corrected chi connectivity index (χ0v) is 18.9. The van der Waals surface area contributed by atoms with Gasteiger partial charge in [-0.15, -0.1) is 0 Å². The highest BCUT2D eigenvalue weighted by Gasteiger charge is 2.27. The number of benzene rings is 2. The average molecular weight is 465 g/mol. The van der Waals surface area contributed by atoms with E-state index < -0.39 is 0 Å². The third kappa shape index (κ3) is 4.24. The summed E-state index contributed by atoms with van der Waals surface area (Å²) >= 11 is 3.43. The first-order valence-corrected chi connectivity index (χ1v) is 11.1. The van der Waals surface area contributed by atoms with Gasteiger partial charge in [0.1, 0.15) is 5.82 Å². The Morgan fingerprint density at radius 3 is 2.53 bits per heavy atom. The van der Waals surface area contributed by atoms with Crippen LogP contribution in [0.15, 0.2) is 59.1 Å². The van der Waals surface area contributed by atoms with Crippen molar-refractivity contribution in [3.63, 3.8) is 0 Å². The molecule has 2 heterocycles. The van der Waals surface area contributed by atoms with E-state index >= 15 is 0 Å². The van der Waals surface area contributed by atoms with E-state index in [2.05, 4.69) is 34.8 Å². The fraction of sp³-hybridized carbons (Fsp3) is 0.292. The number of halogens is 1. The molecule has 3 aromatic rings. The number of hydrogen-bond acceptors (Lipinski definition) is 4. The van der Waals surface area contributed by atoms with Crippen LogP contribution in [0.4, 0.5) is 5.82 Å². The van der Waals surface area contributed by atoms with Crippen LogP contribution in [-0.2, 0) is 13.0 Å². The van der Waals surface area contributed by atoms with Gasteiger partial charge in [-0.1, -0.05) is 53.2 Å². The highest BCUT2D eigenvalue weighted by molar-refractivity contribution is 9.10. The molecule has 30 heavy (non-hydrogen) atoms. The molecule has 0 unspecified atom stereocenters. The van der Waals surface area contributed by atoms with Crippen molar-refractivity contribution in [2.75, 3.05) is 25.0 Å². The van der Waals surface area contributed by atoms with Crippen LogP contribution >= 0.6 is 15.9 Å². The van der Waals surface area contributed by atoms with E-state index in [4.69, 9.17) is 9.97 Å². The van der Waals surface area contributed by atoms with Gasteiger partial charge < -0.3 is 9.80 Å². The number of fused-ring (bicyclic) bond motifs is 1. The lowest BCUT2D eigenvalue weighted by Crippen LogP contribution is -2.38. The number of amides is 1. The number of nitrogens with zero attached hydrogens (tertiary/aromatic N) is 4. The van der Waals surface area contributed by atoms with Crippen molar-refractivity contribution in [2.24, 2.45) is 0 Å². The summed E-state index contributed by atoms with van der Waals surface area (Å²) < 4.78 is 0.966. The lowest BCUT2D eigenvalue weighted by atomic mass is 10.0. The Morgan fingerprint density at radius 2 is 1.83 bits per heavy atom. The summed E-state index contributed by atoms with van der Waals surface area (Å²) in [7, 11) is 2.07. The van der Waals surface area contributed by atoms with E-state index in [9.17, 15) is 4.79 Å². The SMILES string of the molecule is CCCN(C)c1nc(-c2ccccc2)nc2c1CN(C(=O)c1ccc(Br)cc1)CC2. The molecule has 0 saturated carbocycles. The van der Waals surface area contributed by atoms with Gasteiger partial charge in [0.2, 0.25) is 0 Å². The van der Waals surface area contributed by atoms with E-state index in [0.29, 0.717) is 18.7 Å². The van der Waals surface area contributed by atoms with Crippen molar-refractivity contribution in [1.29, 1.82) is 0 Å². The number of carbonyl (C=O) groups excluding carboxylic acids is 1. The first-order valence-electron chi connectivity index (χ1n) is 10.3. The summed E-state index contributed by atoms with van der Waals surface area (Å²) in [5, 5.41) is 0. The molecule has 0 atom stereocenters. The molecule has 1 aliphatic rings. The zero-order chi connectivity index (χ0) is 21.1. The maximum Gasteiger partial charge on any atom is 0.254 e. The molecule has 0 saturated heterocycles. The molecule has 0 spiro atoms. The van der Waals surface area contributed by atoms with Gasteiger partial charge in [0, 0.05) is 47.7 Å². The number of aromatic nitrogens is 2. The average Bonchev–Trinajstić information content (AvgIpc) is 2.78. The zero-order valence-electron chi connectivity index (χ0n) is 17.3. The predicted octanol–water partition coefficient (Wildman–Crippen LogP) is 4.95. The molecule has 4 rings (SSSR count). The smallest absolute Gasteiger partial charge is 0.254 e. The fourth-order valence-electron chi connectivity index (χ4n) is 3.82. The molecule has 1 aromatic heterocycles. The lowest BCUT2D eigenvalue weighted by molar-refractivity contribution is 0.0733. The van der Waals surface area contributed by atoms with Gasteiger partial charge in [0.15, 0.2) is 5.82 Å². The van der Waals surface area contributed by atoms with Gasteiger partial charge in [-0.05, 0) is 30.7 Å². The minimum atomic E-state index is 0.0457. The molecule has 154 valence electrons. The van der Waals surface area contributed by atoms with Crippen LogP contribution < -0.4 is 4.90 Å². The Morgan fingerprint density at radius 1 is 1.10 bits per heavy atom. The van der Waals surface area contributed by atoms with Crippen LogP contribution in [0.1, 0.15) is 35.0 Å². The molecular weight excluding hydrogens is 440 g/mol. The number of hydrogen-bond donors (Lipinski definition) is 0. The first kappa shape index (κ1) is 20.5. The molecule has 0 fully saturated rings. The van der Waals surface area contributed by atoms with E-state index in [-0.39, 0.29) is 5.91 Å². The summed E-state index contributed by atoms with van der Waals surface area (Å²) in [6.45, 7) is 4.25. The molecule has 0 radical (unpaired) electrons. The summed E-state index contributed by atoms with van der Waals surface area (Å²) in [4.78, 5) is 27.0. The van der Waals surface area contributed by atoms with E-state index in [1.807, 2.05) is 59.5 Å². The Kier molecular flexibility index (Phi) is 6.13. The number of anilines is 1. The lowest BCUT2D eigenvalue weighted by Gasteiger charge is -2.32. The second-order valence-electron chi connectivity index (χ2n) is 7.57. The summed E-state index contributed by atoms with van der Waals surface area (Å²) in [5.41, 5.74) is 3.82. The summed E-state index contributed by atoms with van der Waals surface area (Å²) in [5.74, 6) is 1.72. The standard InChI is InChI=1S/C24H25BrN4O/c1-3-14-28(2)23-20-16-29(24(30)18-9-11-19(25)12-10-18)15-13-21(20)26-22(27-23)17-7-5-4-6-8-17/h4-12H,3,13-16H2,1-2H3. The van der Waals surface area contributed by atoms with Gasteiger partial charge in [0.25, 0.3) is 5.91 Å². The molecular formula is C24H25BrN4O. The maximum absolute atomic E-state index is 13.1. The summed E-state index contributed by atoms with van der Waals surface area (Å²) in [6.07, 6.45) is 1.75. The molecule has 6 heteroatoms. The Hall–Kier alpha value is -2.73. The van der Waals surface area contributed by atoms with Crippen LogP contribution in [0.5, 0.6) is 0 Å². The second kappa shape index (κ2) is 8.96. The fourth-order valence-corrected chi connectivity index (χ4v) is 4.08.